The lowest BCUT2D eigenvalue weighted by atomic mass is 10.1. The van der Waals surface area contributed by atoms with E-state index in [0.29, 0.717) is 12.6 Å². The van der Waals surface area contributed by atoms with Crippen molar-refractivity contribution in [2.45, 2.75) is 60.2 Å². The molecule has 0 aromatic carbocycles. The van der Waals surface area contributed by atoms with E-state index in [4.69, 9.17) is 0 Å². The van der Waals surface area contributed by atoms with Gasteiger partial charge in [-0.1, -0.05) is 6.92 Å². The maximum absolute atomic E-state index is 4.69. The highest BCUT2D eigenvalue weighted by atomic mass is 15.4. The van der Waals surface area contributed by atoms with E-state index >= 15 is 0 Å². The Balaban J connectivity index is 2.22. The molecule has 2 aromatic rings. The molecule has 6 nitrogen and oxygen atoms in total. The van der Waals surface area contributed by atoms with Crippen molar-refractivity contribution in [2.24, 2.45) is 0 Å². The highest BCUT2D eigenvalue weighted by molar-refractivity contribution is 5.28. The predicted molar refractivity (Wildman–Crippen MR) is 83.2 cm³/mol. The molecule has 0 aliphatic heterocycles. The van der Waals surface area contributed by atoms with Crippen LogP contribution in [0.1, 0.15) is 56.0 Å². The van der Waals surface area contributed by atoms with Gasteiger partial charge in [0.05, 0.1) is 5.69 Å². The van der Waals surface area contributed by atoms with E-state index in [-0.39, 0.29) is 0 Å². The molecule has 2 rings (SSSR count). The van der Waals surface area contributed by atoms with E-state index in [9.17, 15) is 0 Å². The Hall–Kier alpha value is -1.69. The molecule has 0 aliphatic carbocycles. The lowest BCUT2D eigenvalue weighted by Gasteiger charge is -2.14. The van der Waals surface area contributed by atoms with Crippen molar-refractivity contribution < 1.29 is 0 Å². The number of nitrogens with one attached hydrogen (secondary N) is 1. The summed E-state index contributed by atoms with van der Waals surface area (Å²) in [7, 11) is 0. The van der Waals surface area contributed by atoms with E-state index in [0.717, 1.165) is 31.0 Å². The second-order valence-electron chi connectivity index (χ2n) is 5.41. The van der Waals surface area contributed by atoms with Crippen molar-refractivity contribution in [1.82, 2.24) is 29.9 Å². The lowest BCUT2D eigenvalue weighted by molar-refractivity contribution is 0.551. The number of rotatable bonds is 7. The summed E-state index contributed by atoms with van der Waals surface area (Å²) >= 11 is 0. The van der Waals surface area contributed by atoms with Crippen LogP contribution in [-0.4, -0.2) is 31.1 Å². The monoisotopic (exact) mass is 290 g/mol. The third kappa shape index (κ3) is 3.32. The molecule has 1 atom stereocenters. The zero-order valence-corrected chi connectivity index (χ0v) is 13.7. The van der Waals surface area contributed by atoms with Crippen molar-refractivity contribution in [3.05, 3.63) is 29.1 Å². The third-order valence-electron chi connectivity index (χ3n) is 3.86. The summed E-state index contributed by atoms with van der Waals surface area (Å²) in [5.41, 5.74) is 3.59. The number of hydrogen-bond acceptors (Lipinski definition) is 4. The minimum absolute atomic E-state index is 0.322. The van der Waals surface area contributed by atoms with Crippen molar-refractivity contribution >= 4 is 0 Å². The average Bonchev–Trinajstić information content (AvgIpc) is 3.01. The minimum Gasteiger partial charge on any atom is -0.310 e. The molecule has 0 amide bonds. The molecular weight excluding hydrogens is 264 g/mol. The van der Waals surface area contributed by atoms with Gasteiger partial charge in [0.25, 0.3) is 0 Å². The number of nitrogens with zero attached hydrogens (tertiary/aromatic N) is 5. The maximum atomic E-state index is 4.69. The molecule has 21 heavy (non-hydrogen) atoms. The third-order valence-corrected chi connectivity index (χ3v) is 3.86. The molecule has 0 saturated heterocycles. The van der Waals surface area contributed by atoms with Crippen molar-refractivity contribution in [2.75, 3.05) is 6.54 Å². The van der Waals surface area contributed by atoms with Gasteiger partial charge in [0, 0.05) is 23.8 Å². The topological polar surface area (TPSA) is 60.6 Å². The molecule has 0 saturated carbocycles. The first-order valence-corrected chi connectivity index (χ1v) is 7.72. The highest BCUT2D eigenvalue weighted by Crippen LogP contribution is 2.21. The van der Waals surface area contributed by atoms with Gasteiger partial charge in [-0.15, -0.1) is 0 Å². The normalized spacial score (nSPS) is 12.8. The van der Waals surface area contributed by atoms with E-state index in [1.807, 2.05) is 9.36 Å². The first-order valence-electron chi connectivity index (χ1n) is 7.72. The number of aromatic nitrogens is 5. The Morgan fingerprint density at radius 2 is 2.00 bits per heavy atom. The summed E-state index contributed by atoms with van der Waals surface area (Å²) in [5, 5.41) is 12.4. The Kier molecular flexibility index (Phi) is 5.12. The van der Waals surface area contributed by atoms with Gasteiger partial charge < -0.3 is 5.32 Å². The first kappa shape index (κ1) is 15.7. The lowest BCUT2D eigenvalue weighted by Crippen LogP contribution is -2.20. The van der Waals surface area contributed by atoms with Gasteiger partial charge >= 0.3 is 0 Å². The average molecular weight is 290 g/mol. The van der Waals surface area contributed by atoms with Crippen LogP contribution < -0.4 is 5.32 Å². The van der Waals surface area contributed by atoms with Crippen LogP contribution in [-0.2, 0) is 13.1 Å². The van der Waals surface area contributed by atoms with E-state index in [2.05, 4.69) is 55.1 Å². The van der Waals surface area contributed by atoms with E-state index in [1.165, 1.54) is 11.3 Å². The summed E-state index contributed by atoms with van der Waals surface area (Å²) < 4.78 is 3.94. The van der Waals surface area contributed by atoms with Crippen molar-refractivity contribution in [3.63, 3.8) is 0 Å². The van der Waals surface area contributed by atoms with Crippen LogP contribution in [0.4, 0.5) is 0 Å². The molecule has 0 radical (unpaired) electrons. The largest absolute Gasteiger partial charge is 0.310 e. The molecule has 0 spiro atoms. The number of aryl methyl sites for hydroxylation is 2. The van der Waals surface area contributed by atoms with Crippen LogP contribution in [0.2, 0.25) is 0 Å². The molecule has 2 heterocycles. The van der Waals surface area contributed by atoms with Crippen LogP contribution in [0.3, 0.4) is 0 Å². The number of hydrogen-bond donors (Lipinski definition) is 1. The predicted octanol–water partition coefficient (Wildman–Crippen LogP) is 2.22. The van der Waals surface area contributed by atoms with E-state index in [1.54, 1.807) is 6.33 Å². The van der Waals surface area contributed by atoms with Gasteiger partial charge in [-0.25, -0.2) is 9.67 Å². The second kappa shape index (κ2) is 6.85. The molecule has 0 bridgehead atoms. The van der Waals surface area contributed by atoms with Gasteiger partial charge in [-0.05, 0) is 40.7 Å². The van der Waals surface area contributed by atoms with Gasteiger partial charge in [0.2, 0.25) is 0 Å². The summed E-state index contributed by atoms with van der Waals surface area (Å²) in [6, 6.07) is 0.322. The summed E-state index contributed by atoms with van der Waals surface area (Å²) in [5.74, 6) is 0.948. The molecule has 116 valence electrons. The first-order chi connectivity index (χ1) is 10.1. The Bertz CT molecular complexity index is 583. The minimum atomic E-state index is 0.322. The van der Waals surface area contributed by atoms with Crippen LogP contribution in [0.25, 0.3) is 0 Å². The van der Waals surface area contributed by atoms with Gasteiger partial charge in [-0.2, -0.15) is 10.2 Å². The smallest absolute Gasteiger partial charge is 0.148 e. The molecule has 6 heteroatoms. The summed E-state index contributed by atoms with van der Waals surface area (Å²) in [4.78, 5) is 4.33. The van der Waals surface area contributed by atoms with Gasteiger partial charge in [0.1, 0.15) is 18.7 Å². The molecule has 0 fully saturated rings. The van der Waals surface area contributed by atoms with E-state index < -0.39 is 0 Å². The van der Waals surface area contributed by atoms with Gasteiger partial charge in [0.15, 0.2) is 0 Å². The van der Waals surface area contributed by atoms with Gasteiger partial charge in [-0.3, -0.25) is 4.68 Å². The summed E-state index contributed by atoms with van der Waals surface area (Å²) in [6.07, 6.45) is 2.74. The Morgan fingerprint density at radius 1 is 1.24 bits per heavy atom. The quantitative estimate of drug-likeness (QED) is 0.849. The highest BCUT2D eigenvalue weighted by Gasteiger charge is 2.18. The maximum Gasteiger partial charge on any atom is 0.148 e. The molecular formula is C15H26N6. The molecule has 2 aromatic heterocycles. The zero-order valence-electron chi connectivity index (χ0n) is 13.7. The molecule has 1 N–H and O–H groups in total. The summed E-state index contributed by atoms with van der Waals surface area (Å²) in [6.45, 7) is 13.2. The Labute approximate surface area is 126 Å². The second-order valence-corrected chi connectivity index (χ2v) is 5.41. The zero-order chi connectivity index (χ0) is 15.4. The molecule has 0 aliphatic rings. The van der Waals surface area contributed by atoms with Crippen LogP contribution in [0.5, 0.6) is 0 Å². The molecule has 1 unspecified atom stereocenters. The van der Waals surface area contributed by atoms with Crippen molar-refractivity contribution in [1.29, 1.82) is 0 Å². The fraction of sp³-hybridized carbons (Fsp3) is 0.667. The van der Waals surface area contributed by atoms with Crippen LogP contribution >= 0.6 is 0 Å². The standard InChI is InChI=1S/C15H26N6/c1-6-8-16-11(3)15-12(4)19-21(13(15)5)9-14-17-10-18-20(14)7-2/h10-11,16H,6-9H2,1-5H3. The Morgan fingerprint density at radius 3 is 2.67 bits per heavy atom. The SMILES string of the molecule is CCCNC(C)c1c(C)nn(Cc2ncnn2CC)c1C. The van der Waals surface area contributed by atoms with Crippen molar-refractivity contribution in [3.8, 4) is 0 Å². The fourth-order valence-electron chi connectivity index (χ4n) is 2.76. The van der Waals surface area contributed by atoms with Crippen LogP contribution in [0.15, 0.2) is 6.33 Å². The van der Waals surface area contributed by atoms with Crippen LogP contribution in [0, 0.1) is 13.8 Å². The fourth-order valence-corrected chi connectivity index (χ4v) is 2.76.